The molecule has 0 aliphatic carbocycles. The van der Waals surface area contributed by atoms with E-state index in [2.05, 4.69) is 5.32 Å². The first-order valence-corrected chi connectivity index (χ1v) is 5.39. The normalized spacial score (nSPS) is 26.5. The quantitative estimate of drug-likeness (QED) is 0.770. The van der Waals surface area contributed by atoms with Crippen molar-refractivity contribution in [1.29, 1.82) is 0 Å². The van der Waals surface area contributed by atoms with Crippen molar-refractivity contribution >= 4 is 0 Å². The third-order valence-corrected chi connectivity index (χ3v) is 3.00. The summed E-state index contributed by atoms with van der Waals surface area (Å²) in [6.45, 7) is 1.63. The molecule has 15 heavy (non-hydrogen) atoms. The summed E-state index contributed by atoms with van der Waals surface area (Å²) in [4.78, 5) is 0. The largest absolute Gasteiger partial charge is 0.392 e. The van der Waals surface area contributed by atoms with Crippen LogP contribution in [-0.2, 0) is 6.42 Å². The predicted octanol–water partition coefficient (Wildman–Crippen LogP) is 1.34. The monoisotopic (exact) mass is 209 g/mol. The molecule has 2 rings (SSSR count). The summed E-state index contributed by atoms with van der Waals surface area (Å²) in [6.07, 6.45) is 1.55. The molecule has 3 heteroatoms. The van der Waals surface area contributed by atoms with Crippen LogP contribution in [-0.4, -0.2) is 24.3 Å². The Hall–Kier alpha value is -0.930. The fraction of sp³-hybridized carbons (Fsp3) is 0.500. The molecule has 0 bridgehead atoms. The number of piperidine rings is 1. The van der Waals surface area contributed by atoms with Gasteiger partial charge >= 0.3 is 0 Å². The first-order valence-electron chi connectivity index (χ1n) is 5.39. The van der Waals surface area contributed by atoms with E-state index in [4.69, 9.17) is 0 Å². The zero-order valence-corrected chi connectivity index (χ0v) is 8.62. The molecule has 1 aliphatic rings. The van der Waals surface area contributed by atoms with Crippen LogP contribution in [0.25, 0.3) is 0 Å². The molecule has 1 aromatic carbocycles. The van der Waals surface area contributed by atoms with Gasteiger partial charge in [0.15, 0.2) is 0 Å². The molecule has 0 radical (unpaired) electrons. The van der Waals surface area contributed by atoms with E-state index in [1.807, 2.05) is 0 Å². The summed E-state index contributed by atoms with van der Waals surface area (Å²) in [5.41, 5.74) is 1.10. The number of hydrogen-bond acceptors (Lipinski definition) is 2. The average Bonchev–Trinajstić information content (AvgIpc) is 2.25. The summed E-state index contributed by atoms with van der Waals surface area (Å²) in [5.74, 6) is 0.0984. The van der Waals surface area contributed by atoms with E-state index in [1.165, 1.54) is 12.1 Å². The summed E-state index contributed by atoms with van der Waals surface area (Å²) < 4.78 is 12.7. The highest BCUT2D eigenvalue weighted by molar-refractivity contribution is 5.17. The van der Waals surface area contributed by atoms with Crippen molar-refractivity contribution in [2.45, 2.75) is 18.9 Å². The van der Waals surface area contributed by atoms with E-state index < -0.39 is 0 Å². The molecule has 1 heterocycles. The van der Waals surface area contributed by atoms with Crippen LogP contribution < -0.4 is 5.32 Å². The molecule has 2 N–H and O–H groups in total. The maximum absolute atomic E-state index is 12.7. The van der Waals surface area contributed by atoms with Crippen molar-refractivity contribution in [2.75, 3.05) is 13.1 Å². The van der Waals surface area contributed by atoms with Gasteiger partial charge in [0.1, 0.15) is 5.82 Å². The number of aliphatic hydroxyl groups is 1. The predicted molar refractivity (Wildman–Crippen MR) is 57.1 cm³/mol. The molecule has 1 saturated heterocycles. The lowest BCUT2D eigenvalue weighted by molar-refractivity contribution is 0.0820. The van der Waals surface area contributed by atoms with Crippen LogP contribution in [0.5, 0.6) is 0 Å². The standard InChI is InChI=1S/C12H16FNO/c13-11-3-1-9(2-4-11)7-10-5-6-14-8-12(10)15/h1-4,10,12,14-15H,5-8H2/t10-,12+/m1/s1. The summed E-state index contributed by atoms with van der Waals surface area (Å²) >= 11 is 0. The Labute approximate surface area is 89.1 Å². The molecule has 1 aliphatic heterocycles. The minimum atomic E-state index is -0.274. The van der Waals surface area contributed by atoms with Gasteiger partial charge in [-0.25, -0.2) is 4.39 Å². The van der Waals surface area contributed by atoms with Gasteiger partial charge in [-0.2, -0.15) is 0 Å². The first-order chi connectivity index (χ1) is 7.25. The SMILES string of the molecule is O[C@H]1CNCC[C@@H]1Cc1ccc(F)cc1. The van der Waals surface area contributed by atoms with E-state index in [0.29, 0.717) is 12.5 Å². The van der Waals surface area contributed by atoms with Gasteiger partial charge in [-0.05, 0) is 43.0 Å². The van der Waals surface area contributed by atoms with Gasteiger partial charge in [0.2, 0.25) is 0 Å². The second-order valence-corrected chi connectivity index (χ2v) is 4.15. The zero-order valence-electron chi connectivity index (χ0n) is 8.62. The smallest absolute Gasteiger partial charge is 0.123 e. The van der Waals surface area contributed by atoms with Crippen molar-refractivity contribution in [2.24, 2.45) is 5.92 Å². The second kappa shape index (κ2) is 4.73. The minimum Gasteiger partial charge on any atom is -0.392 e. The van der Waals surface area contributed by atoms with Gasteiger partial charge in [-0.15, -0.1) is 0 Å². The molecular formula is C12H16FNO. The fourth-order valence-corrected chi connectivity index (χ4v) is 2.06. The van der Waals surface area contributed by atoms with Crippen LogP contribution in [0.2, 0.25) is 0 Å². The third kappa shape index (κ3) is 2.76. The molecule has 82 valence electrons. The first kappa shape index (κ1) is 10.6. The lowest BCUT2D eigenvalue weighted by Crippen LogP contribution is -2.41. The van der Waals surface area contributed by atoms with Gasteiger partial charge in [0, 0.05) is 6.54 Å². The Bertz CT molecular complexity index is 312. The maximum atomic E-state index is 12.7. The minimum absolute atomic E-state index is 0.204. The number of halogens is 1. The topological polar surface area (TPSA) is 32.3 Å². The van der Waals surface area contributed by atoms with Crippen LogP contribution in [0, 0.1) is 11.7 Å². The second-order valence-electron chi connectivity index (χ2n) is 4.15. The lowest BCUT2D eigenvalue weighted by Gasteiger charge is -2.28. The van der Waals surface area contributed by atoms with Gasteiger partial charge < -0.3 is 10.4 Å². The number of β-amino-alcohol motifs (C(OH)–C–C–N with tert-alkyl or cyclic N) is 1. The molecule has 1 aromatic rings. The van der Waals surface area contributed by atoms with Crippen LogP contribution >= 0.6 is 0 Å². The molecule has 0 amide bonds. The number of nitrogens with one attached hydrogen (secondary N) is 1. The van der Waals surface area contributed by atoms with Gasteiger partial charge in [0.05, 0.1) is 6.10 Å². The Morgan fingerprint density at radius 3 is 2.73 bits per heavy atom. The van der Waals surface area contributed by atoms with Gasteiger partial charge in [0.25, 0.3) is 0 Å². The van der Waals surface area contributed by atoms with E-state index in [-0.39, 0.29) is 11.9 Å². The molecular weight excluding hydrogens is 193 g/mol. The van der Waals surface area contributed by atoms with Crippen LogP contribution in [0.15, 0.2) is 24.3 Å². The van der Waals surface area contributed by atoms with Crippen molar-refractivity contribution in [3.63, 3.8) is 0 Å². The fourth-order valence-electron chi connectivity index (χ4n) is 2.06. The number of rotatable bonds is 2. The maximum Gasteiger partial charge on any atom is 0.123 e. The molecule has 1 fully saturated rings. The van der Waals surface area contributed by atoms with E-state index in [0.717, 1.165) is 24.9 Å². The Morgan fingerprint density at radius 1 is 1.33 bits per heavy atom. The molecule has 2 atom stereocenters. The van der Waals surface area contributed by atoms with Gasteiger partial charge in [-0.1, -0.05) is 12.1 Å². The number of benzene rings is 1. The summed E-state index contributed by atoms with van der Waals surface area (Å²) in [7, 11) is 0. The van der Waals surface area contributed by atoms with Crippen LogP contribution in [0.3, 0.4) is 0 Å². The molecule has 0 unspecified atom stereocenters. The third-order valence-electron chi connectivity index (χ3n) is 3.00. The lowest BCUT2D eigenvalue weighted by atomic mass is 9.89. The van der Waals surface area contributed by atoms with Crippen molar-refractivity contribution in [3.8, 4) is 0 Å². The van der Waals surface area contributed by atoms with E-state index in [1.54, 1.807) is 12.1 Å². The molecule has 0 saturated carbocycles. The average molecular weight is 209 g/mol. The summed E-state index contributed by atoms with van der Waals surface area (Å²) in [6, 6.07) is 6.54. The van der Waals surface area contributed by atoms with Crippen LogP contribution in [0.1, 0.15) is 12.0 Å². The Kier molecular flexibility index (Phi) is 3.34. The van der Waals surface area contributed by atoms with Crippen molar-refractivity contribution in [1.82, 2.24) is 5.32 Å². The summed E-state index contributed by atoms with van der Waals surface area (Å²) in [5, 5.41) is 12.9. The van der Waals surface area contributed by atoms with Gasteiger partial charge in [-0.3, -0.25) is 0 Å². The van der Waals surface area contributed by atoms with Crippen LogP contribution in [0.4, 0.5) is 4.39 Å². The highest BCUT2D eigenvalue weighted by Gasteiger charge is 2.22. The molecule has 2 nitrogen and oxygen atoms in total. The highest BCUT2D eigenvalue weighted by atomic mass is 19.1. The molecule has 0 aromatic heterocycles. The number of hydrogen-bond donors (Lipinski definition) is 2. The van der Waals surface area contributed by atoms with Crippen molar-refractivity contribution in [3.05, 3.63) is 35.6 Å². The Morgan fingerprint density at radius 2 is 2.07 bits per heavy atom. The zero-order chi connectivity index (χ0) is 10.7. The van der Waals surface area contributed by atoms with Crippen molar-refractivity contribution < 1.29 is 9.50 Å². The number of aliphatic hydroxyl groups excluding tert-OH is 1. The highest BCUT2D eigenvalue weighted by Crippen LogP contribution is 2.18. The molecule has 0 spiro atoms. The van der Waals surface area contributed by atoms with E-state index in [9.17, 15) is 9.50 Å². The van der Waals surface area contributed by atoms with E-state index >= 15 is 0 Å². The Balaban J connectivity index is 1.98.